The van der Waals surface area contributed by atoms with Crippen molar-refractivity contribution in [1.29, 1.82) is 0 Å². The van der Waals surface area contributed by atoms with Crippen LogP contribution in [0.5, 0.6) is 5.75 Å². The zero-order chi connectivity index (χ0) is 11.1. The second-order valence-corrected chi connectivity index (χ2v) is 3.14. The van der Waals surface area contributed by atoms with Crippen LogP contribution in [-0.4, -0.2) is 24.5 Å². The van der Waals surface area contributed by atoms with Crippen molar-refractivity contribution in [3.05, 3.63) is 24.0 Å². The summed E-state index contributed by atoms with van der Waals surface area (Å²) in [5, 5.41) is 2.81. The number of pyridine rings is 1. The summed E-state index contributed by atoms with van der Waals surface area (Å²) in [6.07, 6.45) is 4.71. The van der Waals surface area contributed by atoms with Gasteiger partial charge in [0.15, 0.2) is 0 Å². The van der Waals surface area contributed by atoms with Gasteiger partial charge in [-0.3, -0.25) is 9.78 Å². The minimum absolute atomic E-state index is 0.0675. The van der Waals surface area contributed by atoms with E-state index in [0.29, 0.717) is 13.0 Å². The Hall–Kier alpha value is -1.58. The molecule has 0 atom stereocenters. The van der Waals surface area contributed by atoms with Gasteiger partial charge in [0.2, 0.25) is 5.91 Å². The Balaban J connectivity index is 2.46. The van der Waals surface area contributed by atoms with E-state index in [1.807, 2.05) is 13.0 Å². The van der Waals surface area contributed by atoms with Gasteiger partial charge in [-0.25, -0.2) is 0 Å². The minimum atomic E-state index is 0.0675. The fourth-order valence-corrected chi connectivity index (χ4v) is 1.26. The molecule has 1 N–H and O–H groups in total. The monoisotopic (exact) mass is 208 g/mol. The molecule has 1 aromatic heterocycles. The zero-order valence-corrected chi connectivity index (χ0v) is 9.12. The minimum Gasteiger partial charge on any atom is -0.496 e. The SMILES string of the molecule is CCC(=O)NCCc1cnccc1OC. The van der Waals surface area contributed by atoms with E-state index in [1.54, 1.807) is 19.5 Å². The fourth-order valence-electron chi connectivity index (χ4n) is 1.26. The van der Waals surface area contributed by atoms with Gasteiger partial charge in [0.1, 0.15) is 5.75 Å². The van der Waals surface area contributed by atoms with Crippen molar-refractivity contribution in [3.63, 3.8) is 0 Å². The number of hydrogen-bond donors (Lipinski definition) is 1. The third-order valence-electron chi connectivity index (χ3n) is 2.12. The molecule has 0 aromatic carbocycles. The zero-order valence-electron chi connectivity index (χ0n) is 9.12. The first-order valence-corrected chi connectivity index (χ1v) is 5.01. The van der Waals surface area contributed by atoms with E-state index in [-0.39, 0.29) is 5.91 Å². The molecular weight excluding hydrogens is 192 g/mol. The maximum Gasteiger partial charge on any atom is 0.219 e. The third kappa shape index (κ3) is 3.58. The summed E-state index contributed by atoms with van der Waals surface area (Å²) < 4.78 is 5.18. The number of carbonyl (C=O) groups is 1. The normalized spacial score (nSPS) is 9.73. The number of methoxy groups -OCH3 is 1. The van der Waals surface area contributed by atoms with Crippen molar-refractivity contribution in [3.8, 4) is 5.75 Å². The van der Waals surface area contributed by atoms with Gasteiger partial charge in [0, 0.05) is 30.9 Å². The van der Waals surface area contributed by atoms with Crippen LogP contribution >= 0.6 is 0 Å². The van der Waals surface area contributed by atoms with Crippen LogP contribution in [-0.2, 0) is 11.2 Å². The highest BCUT2D eigenvalue weighted by atomic mass is 16.5. The number of amides is 1. The summed E-state index contributed by atoms with van der Waals surface area (Å²) in [6.45, 7) is 2.45. The smallest absolute Gasteiger partial charge is 0.219 e. The van der Waals surface area contributed by atoms with Crippen LogP contribution in [0.1, 0.15) is 18.9 Å². The summed E-state index contributed by atoms with van der Waals surface area (Å²) in [7, 11) is 1.63. The maximum atomic E-state index is 11.0. The van der Waals surface area contributed by atoms with E-state index in [1.165, 1.54) is 0 Å². The number of hydrogen-bond acceptors (Lipinski definition) is 3. The molecule has 0 fully saturated rings. The van der Waals surface area contributed by atoms with Gasteiger partial charge in [0.25, 0.3) is 0 Å². The van der Waals surface area contributed by atoms with Crippen molar-refractivity contribution < 1.29 is 9.53 Å². The van der Waals surface area contributed by atoms with Crippen LogP contribution in [0.25, 0.3) is 0 Å². The van der Waals surface area contributed by atoms with Crippen molar-refractivity contribution in [1.82, 2.24) is 10.3 Å². The van der Waals surface area contributed by atoms with Crippen LogP contribution in [0.15, 0.2) is 18.5 Å². The molecule has 1 rings (SSSR count). The van der Waals surface area contributed by atoms with Crippen LogP contribution in [0.4, 0.5) is 0 Å². The number of ether oxygens (including phenoxy) is 1. The molecule has 0 saturated carbocycles. The molecular formula is C11H16N2O2. The lowest BCUT2D eigenvalue weighted by Gasteiger charge is -2.07. The Labute approximate surface area is 89.7 Å². The quantitative estimate of drug-likeness (QED) is 0.790. The highest BCUT2D eigenvalue weighted by Crippen LogP contribution is 2.15. The van der Waals surface area contributed by atoms with Gasteiger partial charge in [-0.15, -0.1) is 0 Å². The van der Waals surface area contributed by atoms with Crippen molar-refractivity contribution in [2.45, 2.75) is 19.8 Å². The predicted molar refractivity (Wildman–Crippen MR) is 57.8 cm³/mol. The maximum absolute atomic E-state index is 11.0. The summed E-state index contributed by atoms with van der Waals surface area (Å²) in [5.74, 6) is 0.883. The van der Waals surface area contributed by atoms with Gasteiger partial charge >= 0.3 is 0 Å². The van der Waals surface area contributed by atoms with Gasteiger partial charge in [-0.2, -0.15) is 0 Å². The van der Waals surface area contributed by atoms with Gasteiger partial charge < -0.3 is 10.1 Å². The number of nitrogens with one attached hydrogen (secondary N) is 1. The molecule has 0 bridgehead atoms. The summed E-state index contributed by atoms with van der Waals surface area (Å²) in [5.41, 5.74) is 1.01. The van der Waals surface area contributed by atoms with E-state index < -0.39 is 0 Å². The van der Waals surface area contributed by atoms with Crippen LogP contribution in [0.2, 0.25) is 0 Å². The highest BCUT2D eigenvalue weighted by molar-refractivity contribution is 5.75. The fraction of sp³-hybridized carbons (Fsp3) is 0.455. The van der Waals surface area contributed by atoms with Crippen LogP contribution in [0, 0.1) is 0 Å². The molecule has 0 aliphatic rings. The second-order valence-electron chi connectivity index (χ2n) is 3.14. The Bertz CT molecular complexity index is 326. The Morgan fingerprint density at radius 3 is 3.07 bits per heavy atom. The molecule has 15 heavy (non-hydrogen) atoms. The molecule has 0 aliphatic carbocycles. The lowest BCUT2D eigenvalue weighted by molar-refractivity contribution is -0.120. The number of aromatic nitrogens is 1. The first kappa shape index (κ1) is 11.5. The topological polar surface area (TPSA) is 51.2 Å². The largest absolute Gasteiger partial charge is 0.496 e. The van der Waals surface area contributed by atoms with Crippen molar-refractivity contribution in [2.75, 3.05) is 13.7 Å². The molecule has 0 spiro atoms. The molecule has 4 nitrogen and oxygen atoms in total. The van der Waals surface area contributed by atoms with E-state index in [4.69, 9.17) is 4.74 Å². The molecule has 0 aliphatic heterocycles. The first-order chi connectivity index (χ1) is 7.27. The lowest BCUT2D eigenvalue weighted by atomic mass is 10.2. The summed E-state index contributed by atoms with van der Waals surface area (Å²) >= 11 is 0. The predicted octanol–water partition coefficient (Wildman–Crippen LogP) is 1.16. The number of carbonyl (C=O) groups excluding carboxylic acids is 1. The highest BCUT2D eigenvalue weighted by Gasteiger charge is 2.02. The standard InChI is InChI=1S/C11H16N2O2/c1-3-11(14)13-7-4-9-8-12-6-5-10(9)15-2/h5-6,8H,3-4,7H2,1-2H3,(H,13,14). The average molecular weight is 208 g/mol. The Kier molecular flexibility index (Phi) is 4.60. The van der Waals surface area contributed by atoms with Gasteiger partial charge in [-0.05, 0) is 12.5 Å². The van der Waals surface area contributed by atoms with E-state index in [9.17, 15) is 4.79 Å². The van der Waals surface area contributed by atoms with Crippen molar-refractivity contribution >= 4 is 5.91 Å². The Morgan fingerprint density at radius 1 is 1.60 bits per heavy atom. The second kappa shape index (κ2) is 6.01. The van der Waals surface area contributed by atoms with E-state index >= 15 is 0 Å². The molecule has 1 amide bonds. The summed E-state index contributed by atoms with van der Waals surface area (Å²) in [6, 6.07) is 1.82. The van der Waals surface area contributed by atoms with E-state index in [2.05, 4.69) is 10.3 Å². The molecule has 0 unspecified atom stereocenters. The van der Waals surface area contributed by atoms with Crippen LogP contribution in [0.3, 0.4) is 0 Å². The number of nitrogens with zero attached hydrogens (tertiary/aromatic N) is 1. The number of rotatable bonds is 5. The molecule has 82 valence electrons. The molecule has 1 aromatic rings. The van der Waals surface area contributed by atoms with Gasteiger partial charge in [0.05, 0.1) is 7.11 Å². The molecule has 1 heterocycles. The summed E-state index contributed by atoms with van der Waals surface area (Å²) in [4.78, 5) is 15.0. The first-order valence-electron chi connectivity index (χ1n) is 5.01. The lowest BCUT2D eigenvalue weighted by Crippen LogP contribution is -2.24. The molecule has 0 saturated heterocycles. The average Bonchev–Trinajstić information content (AvgIpc) is 2.29. The van der Waals surface area contributed by atoms with E-state index in [0.717, 1.165) is 17.7 Å². The Morgan fingerprint density at radius 2 is 2.40 bits per heavy atom. The van der Waals surface area contributed by atoms with Crippen LogP contribution < -0.4 is 10.1 Å². The molecule has 4 heteroatoms. The van der Waals surface area contributed by atoms with Gasteiger partial charge in [-0.1, -0.05) is 6.92 Å². The van der Waals surface area contributed by atoms with Crippen molar-refractivity contribution in [2.24, 2.45) is 0 Å². The molecule has 0 radical (unpaired) electrons. The third-order valence-corrected chi connectivity index (χ3v) is 2.12.